The lowest BCUT2D eigenvalue weighted by molar-refractivity contribution is 0.629. The van der Waals surface area contributed by atoms with Crippen LogP contribution >= 0.6 is 0 Å². The smallest absolute Gasteiger partial charge is 0.126 e. The predicted octanol–water partition coefficient (Wildman–Crippen LogP) is 3.01. The first kappa shape index (κ1) is 13.0. The van der Waals surface area contributed by atoms with E-state index >= 15 is 0 Å². The van der Waals surface area contributed by atoms with Crippen molar-refractivity contribution in [2.24, 2.45) is 5.73 Å². The Kier molecular flexibility index (Phi) is 3.92. The summed E-state index contributed by atoms with van der Waals surface area (Å²) in [4.78, 5) is 4.40. The first-order valence-electron chi connectivity index (χ1n) is 5.84. The van der Waals surface area contributed by atoms with Crippen molar-refractivity contribution in [3.63, 3.8) is 0 Å². The normalized spacial score (nSPS) is 13.6. The van der Waals surface area contributed by atoms with Crippen LogP contribution in [0.15, 0.2) is 12.3 Å². The molecule has 1 rings (SSSR count). The van der Waals surface area contributed by atoms with Gasteiger partial charge in [0.2, 0.25) is 0 Å². The highest BCUT2D eigenvalue weighted by Gasteiger charge is 2.12. The Hall–Kier alpha value is -1.09. The summed E-state index contributed by atoms with van der Waals surface area (Å²) in [6.45, 7) is 10.5. The molecule has 1 aromatic heterocycles. The SMILES string of the molecule is CCC(N)c1cnc(NC(C)(C)C)cc1C. The lowest BCUT2D eigenvalue weighted by Crippen LogP contribution is -2.26. The second kappa shape index (κ2) is 4.83. The number of aromatic nitrogens is 1. The maximum absolute atomic E-state index is 6.01. The molecule has 90 valence electrons. The zero-order chi connectivity index (χ0) is 12.3. The number of nitrogens with two attached hydrogens (primary N) is 1. The molecule has 0 aliphatic carbocycles. The van der Waals surface area contributed by atoms with Crippen LogP contribution in [0.1, 0.15) is 51.3 Å². The average Bonchev–Trinajstić information content (AvgIpc) is 2.14. The van der Waals surface area contributed by atoms with Crippen molar-refractivity contribution in [3.05, 3.63) is 23.4 Å². The van der Waals surface area contributed by atoms with E-state index < -0.39 is 0 Å². The Morgan fingerprint density at radius 2 is 2.06 bits per heavy atom. The van der Waals surface area contributed by atoms with Crippen LogP contribution in [0.25, 0.3) is 0 Å². The van der Waals surface area contributed by atoms with Gasteiger partial charge in [-0.15, -0.1) is 0 Å². The van der Waals surface area contributed by atoms with Gasteiger partial charge in [-0.3, -0.25) is 0 Å². The van der Waals surface area contributed by atoms with E-state index in [1.54, 1.807) is 0 Å². The molecule has 0 spiro atoms. The molecule has 3 N–H and O–H groups in total. The molecular weight excluding hydrogens is 198 g/mol. The molecule has 1 atom stereocenters. The molecule has 16 heavy (non-hydrogen) atoms. The number of nitrogens with zero attached hydrogens (tertiary/aromatic N) is 1. The highest BCUT2D eigenvalue weighted by atomic mass is 15.0. The second-order valence-electron chi connectivity index (χ2n) is 5.32. The quantitative estimate of drug-likeness (QED) is 0.825. The largest absolute Gasteiger partial charge is 0.365 e. The number of anilines is 1. The Bertz CT molecular complexity index is 353. The summed E-state index contributed by atoms with van der Waals surface area (Å²) in [5.74, 6) is 0.914. The molecular formula is C13H23N3. The minimum absolute atomic E-state index is 0.0355. The van der Waals surface area contributed by atoms with Gasteiger partial charge >= 0.3 is 0 Å². The fourth-order valence-corrected chi connectivity index (χ4v) is 1.63. The van der Waals surface area contributed by atoms with Gasteiger partial charge in [0, 0.05) is 17.8 Å². The van der Waals surface area contributed by atoms with E-state index in [-0.39, 0.29) is 11.6 Å². The molecule has 0 amide bonds. The van der Waals surface area contributed by atoms with Gasteiger partial charge in [0.25, 0.3) is 0 Å². The molecule has 3 nitrogen and oxygen atoms in total. The maximum atomic E-state index is 6.01. The molecule has 0 saturated carbocycles. The van der Waals surface area contributed by atoms with Gasteiger partial charge in [-0.2, -0.15) is 0 Å². The van der Waals surface area contributed by atoms with Crippen molar-refractivity contribution in [1.82, 2.24) is 4.98 Å². The Morgan fingerprint density at radius 1 is 1.44 bits per heavy atom. The molecule has 0 aromatic carbocycles. The molecule has 1 unspecified atom stereocenters. The van der Waals surface area contributed by atoms with Gasteiger partial charge in [-0.05, 0) is 51.3 Å². The summed E-state index contributed by atoms with van der Waals surface area (Å²) < 4.78 is 0. The zero-order valence-corrected chi connectivity index (χ0v) is 11.0. The summed E-state index contributed by atoms with van der Waals surface area (Å²) in [7, 11) is 0. The third kappa shape index (κ3) is 3.49. The van der Waals surface area contributed by atoms with Gasteiger partial charge in [-0.1, -0.05) is 6.92 Å². The molecule has 0 radical (unpaired) electrons. The summed E-state index contributed by atoms with van der Waals surface area (Å²) in [5.41, 5.74) is 8.39. The van der Waals surface area contributed by atoms with Crippen molar-refractivity contribution < 1.29 is 0 Å². The van der Waals surface area contributed by atoms with Crippen LogP contribution < -0.4 is 11.1 Å². The number of hydrogen-bond acceptors (Lipinski definition) is 3. The number of pyridine rings is 1. The Morgan fingerprint density at radius 3 is 2.50 bits per heavy atom. The highest BCUT2D eigenvalue weighted by Crippen LogP contribution is 2.21. The predicted molar refractivity (Wildman–Crippen MR) is 69.6 cm³/mol. The Balaban J connectivity index is 2.91. The molecule has 1 aromatic rings. The Labute approximate surface area is 98.5 Å². The number of aryl methyl sites for hydroxylation is 1. The van der Waals surface area contributed by atoms with Gasteiger partial charge in [0.1, 0.15) is 5.82 Å². The minimum atomic E-state index is 0.0355. The highest BCUT2D eigenvalue weighted by molar-refractivity contribution is 5.43. The van der Waals surface area contributed by atoms with Crippen molar-refractivity contribution in [2.45, 2.75) is 52.6 Å². The number of rotatable bonds is 3. The van der Waals surface area contributed by atoms with Gasteiger partial charge in [0.15, 0.2) is 0 Å². The molecule has 0 aliphatic heterocycles. The summed E-state index contributed by atoms with van der Waals surface area (Å²) >= 11 is 0. The topological polar surface area (TPSA) is 50.9 Å². The first-order valence-corrected chi connectivity index (χ1v) is 5.84. The fourth-order valence-electron chi connectivity index (χ4n) is 1.63. The fraction of sp³-hybridized carbons (Fsp3) is 0.615. The maximum Gasteiger partial charge on any atom is 0.126 e. The molecule has 0 aliphatic rings. The lowest BCUT2D eigenvalue weighted by Gasteiger charge is -2.22. The van der Waals surface area contributed by atoms with Crippen molar-refractivity contribution in [1.29, 1.82) is 0 Å². The van der Waals surface area contributed by atoms with Crippen LogP contribution in [0.4, 0.5) is 5.82 Å². The van der Waals surface area contributed by atoms with E-state index in [0.29, 0.717) is 0 Å². The van der Waals surface area contributed by atoms with Crippen LogP contribution in [0, 0.1) is 6.92 Å². The summed E-state index contributed by atoms with van der Waals surface area (Å²) in [6, 6.07) is 2.16. The lowest BCUT2D eigenvalue weighted by atomic mass is 10.0. The van der Waals surface area contributed by atoms with Crippen molar-refractivity contribution in [2.75, 3.05) is 5.32 Å². The molecule has 1 heterocycles. The van der Waals surface area contributed by atoms with E-state index in [1.807, 2.05) is 6.20 Å². The van der Waals surface area contributed by atoms with E-state index in [0.717, 1.165) is 17.8 Å². The molecule has 0 saturated heterocycles. The van der Waals surface area contributed by atoms with Crippen LogP contribution in [0.2, 0.25) is 0 Å². The van der Waals surface area contributed by atoms with Crippen LogP contribution in [0.3, 0.4) is 0 Å². The van der Waals surface area contributed by atoms with Crippen molar-refractivity contribution >= 4 is 5.82 Å². The minimum Gasteiger partial charge on any atom is -0.365 e. The number of hydrogen-bond donors (Lipinski definition) is 2. The van der Waals surface area contributed by atoms with Crippen LogP contribution in [-0.2, 0) is 0 Å². The molecule has 3 heteroatoms. The summed E-state index contributed by atoms with van der Waals surface area (Å²) in [6.07, 6.45) is 2.83. The van der Waals surface area contributed by atoms with E-state index in [4.69, 9.17) is 5.73 Å². The first-order chi connectivity index (χ1) is 7.33. The van der Waals surface area contributed by atoms with E-state index in [9.17, 15) is 0 Å². The monoisotopic (exact) mass is 221 g/mol. The van der Waals surface area contributed by atoms with Crippen LogP contribution in [0.5, 0.6) is 0 Å². The van der Waals surface area contributed by atoms with E-state index in [2.05, 4.69) is 51.0 Å². The standard InChI is InChI=1S/C13H23N3/c1-6-11(14)10-8-15-12(7-9(10)2)16-13(3,4)5/h7-8,11H,6,14H2,1-5H3,(H,15,16). The molecule has 0 fully saturated rings. The van der Waals surface area contributed by atoms with Crippen LogP contribution in [-0.4, -0.2) is 10.5 Å². The van der Waals surface area contributed by atoms with E-state index in [1.165, 1.54) is 5.56 Å². The van der Waals surface area contributed by atoms with Gasteiger partial charge in [0.05, 0.1) is 0 Å². The third-order valence-electron chi connectivity index (χ3n) is 2.49. The average molecular weight is 221 g/mol. The second-order valence-corrected chi connectivity index (χ2v) is 5.32. The number of nitrogens with one attached hydrogen (secondary N) is 1. The zero-order valence-electron chi connectivity index (χ0n) is 11.0. The van der Waals surface area contributed by atoms with Crippen molar-refractivity contribution in [3.8, 4) is 0 Å². The third-order valence-corrected chi connectivity index (χ3v) is 2.49. The van der Waals surface area contributed by atoms with Gasteiger partial charge < -0.3 is 11.1 Å². The summed E-state index contributed by atoms with van der Waals surface area (Å²) in [5, 5.41) is 3.35. The van der Waals surface area contributed by atoms with Gasteiger partial charge in [-0.25, -0.2) is 4.98 Å². The molecule has 0 bridgehead atoms.